The topological polar surface area (TPSA) is 0 Å². The highest BCUT2D eigenvalue weighted by Crippen LogP contribution is 2.21. The Labute approximate surface area is 120 Å². The van der Waals surface area contributed by atoms with Crippen molar-refractivity contribution in [2.45, 2.75) is 13.3 Å². The SMILES string of the molecule is C/C(=C/Cc1ccccc1)c1ccc2ccccc2c1. The fourth-order valence-electron chi connectivity index (χ4n) is 2.44. The Morgan fingerprint density at radius 2 is 1.50 bits per heavy atom. The minimum Gasteiger partial charge on any atom is -0.0766 e. The molecule has 0 nitrogen and oxygen atoms in total. The summed E-state index contributed by atoms with van der Waals surface area (Å²) in [5.74, 6) is 0. The van der Waals surface area contributed by atoms with Crippen molar-refractivity contribution in [2.24, 2.45) is 0 Å². The highest BCUT2D eigenvalue weighted by molar-refractivity contribution is 5.86. The van der Waals surface area contributed by atoms with E-state index in [4.69, 9.17) is 0 Å². The highest BCUT2D eigenvalue weighted by atomic mass is 14.0. The van der Waals surface area contributed by atoms with E-state index in [9.17, 15) is 0 Å². The second-order valence-corrected chi connectivity index (χ2v) is 5.14. The van der Waals surface area contributed by atoms with Gasteiger partial charge in [-0.2, -0.15) is 0 Å². The van der Waals surface area contributed by atoms with Crippen LogP contribution in [0.5, 0.6) is 0 Å². The molecule has 0 saturated heterocycles. The van der Waals surface area contributed by atoms with Crippen molar-refractivity contribution in [1.82, 2.24) is 0 Å². The first-order chi connectivity index (χ1) is 9.83. The summed E-state index contributed by atoms with van der Waals surface area (Å²) in [7, 11) is 0. The zero-order valence-corrected chi connectivity index (χ0v) is 11.7. The average Bonchev–Trinajstić information content (AvgIpc) is 2.53. The monoisotopic (exact) mass is 258 g/mol. The summed E-state index contributed by atoms with van der Waals surface area (Å²) in [5, 5.41) is 2.60. The Bertz CT molecular complexity index is 736. The van der Waals surface area contributed by atoms with Crippen LogP contribution in [0.3, 0.4) is 0 Å². The van der Waals surface area contributed by atoms with Gasteiger partial charge in [0.1, 0.15) is 0 Å². The Balaban J connectivity index is 1.86. The second kappa shape index (κ2) is 5.75. The van der Waals surface area contributed by atoms with Gasteiger partial charge in [0.25, 0.3) is 0 Å². The smallest absolute Gasteiger partial charge is 0.00915 e. The van der Waals surface area contributed by atoms with Gasteiger partial charge in [-0.1, -0.05) is 72.8 Å². The van der Waals surface area contributed by atoms with Gasteiger partial charge in [-0.3, -0.25) is 0 Å². The van der Waals surface area contributed by atoms with E-state index < -0.39 is 0 Å². The molecular formula is C20H18. The normalized spacial score (nSPS) is 11.8. The molecule has 98 valence electrons. The number of hydrogen-bond donors (Lipinski definition) is 0. The van der Waals surface area contributed by atoms with Crippen LogP contribution in [0.1, 0.15) is 18.1 Å². The van der Waals surface area contributed by atoms with Gasteiger partial charge in [-0.05, 0) is 46.9 Å². The zero-order chi connectivity index (χ0) is 13.8. The van der Waals surface area contributed by atoms with Gasteiger partial charge < -0.3 is 0 Å². The van der Waals surface area contributed by atoms with E-state index in [1.807, 2.05) is 0 Å². The number of benzene rings is 3. The molecule has 0 aromatic heterocycles. The molecular weight excluding hydrogens is 240 g/mol. The molecule has 20 heavy (non-hydrogen) atoms. The molecule has 0 spiro atoms. The van der Waals surface area contributed by atoms with Crippen molar-refractivity contribution in [2.75, 3.05) is 0 Å². The minimum absolute atomic E-state index is 0.986. The molecule has 0 aliphatic rings. The van der Waals surface area contributed by atoms with Gasteiger partial charge in [-0.15, -0.1) is 0 Å². The molecule has 0 unspecified atom stereocenters. The maximum atomic E-state index is 2.30. The second-order valence-electron chi connectivity index (χ2n) is 5.14. The Hall–Kier alpha value is -2.34. The van der Waals surface area contributed by atoms with Crippen LogP contribution in [0.15, 0.2) is 78.9 Å². The molecule has 0 atom stereocenters. The van der Waals surface area contributed by atoms with E-state index >= 15 is 0 Å². The van der Waals surface area contributed by atoms with Crippen molar-refractivity contribution >= 4 is 16.3 Å². The Morgan fingerprint density at radius 1 is 0.800 bits per heavy atom. The predicted molar refractivity (Wildman–Crippen MR) is 87.7 cm³/mol. The summed E-state index contributed by atoms with van der Waals surface area (Å²) in [6.45, 7) is 2.19. The third-order valence-electron chi connectivity index (χ3n) is 3.69. The lowest BCUT2D eigenvalue weighted by atomic mass is 10.0. The maximum absolute atomic E-state index is 2.30. The van der Waals surface area contributed by atoms with Gasteiger partial charge in [0.15, 0.2) is 0 Å². The summed E-state index contributed by atoms with van der Waals surface area (Å²) in [6.07, 6.45) is 3.29. The van der Waals surface area contributed by atoms with Crippen LogP contribution in [0.2, 0.25) is 0 Å². The summed E-state index contributed by atoms with van der Waals surface area (Å²) < 4.78 is 0. The van der Waals surface area contributed by atoms with Crippen LogP contribution in [-0.2, 0) is 6.42 Å². The van der Waals surface area contributed by atoms with Crippen LogP contribution < -0.4 is 0 Å². The quantitative estimate of drug-likeness (QED) is 0.583. The maximum Gasteiger partial charge on any atom is -0.00915 e. The van der Waals surface area contributed by atoms with Crippen LogP contribution in [-0.4, -0.2) is 0 Å². The average molecular weight is 258 g/mol. The largest absolute Gasteiger partial charge is 0.0766 e. The molecule has 0 radical (unpaired) electrons. The molecule has 3 aromatic rings. The van der Waals surface area contributed by atoms with Crippen LogP contribution in [0, 0.1) is 0 Å². The number of hydrogen-bond acceptors (Lipinski definition) is 0. The Morgan fingerprint density at radius 3 is 2.30 bits per heavy atom. The molecule has 0 amide bonds. The third kappa shape index (κ3) is 2.80. The van der Waals surface area contributed by atoms with E-state index in [-0.39, 0.29) is 0 Å². The Kier molecular flexibility index (Phi) is 3.64. The highest BCUT2D eigenvalue weighted by Gasteiger charge is 1.98. The van der Waals surface area contributed by atoms with Crippen molar-refractivity contribution in [3.63, 3.8) is 0 Å². The third-order valence-corrected chi connectivity index (χ3v) is 3.69. The molecule has 0 bridgehead atoms. The van der Waals surface area contributed by atoms with Crippen LogP contribution >= 0.6 is 0 Å². The van der Waals surface area contributed by atoms with Crippen molar-refractivity contribution < 1.29 is 0 Å². The molecule has 0 fully saturated rings. The molecule has 0 aliphatic carbocycles. The lowest BCUT2D eigenvalue weighted by Crippen LogP contribution is -1.84. The molecule has 0 saturated carbocycles. The molecule has 0 aliphatic heterocycles. The van der Waals surface area contributed by atoms with Crippen molar-refractivity contribution in [3.8, 4) is 0 Å². The fraction of sp³-hybridized carbons (Fsp3) is 0.100. The lowest BCUT2D eigenvalue weighted by molar-refractivity contribution is 1.27. The van der Waals surface area contributed by atoms with Gasteiger partial charge in [0.05, 0.1) is 0 Å². The first kappa shape index (κ1) is 12.7. The summed E-state index contributed by atoms with van der Waals surface area (Å²) >= 11 is 0. The first-order valence-electron chi connectivity index (χ1n) is 7.03. The van der Waals surface area contributed by atoms with E-state index in [2.05, 4.69) is 85.8 Å². The first-order valence-corrected chi connectivity index (χ1v) is 7.03. The van der Waals surface area contributed by atoms with Gasteiger partial charge >= 0.3 is 0 Å². The standard InChI is InChI=1S/C20H18/c1-16(11-12-17-7-3-2-4-8-17)19-14-13-18-9-5-6-10-20(18)15-19/h2-11,13-15H,12H2,1H3/b16-11-. The van der Waals surface area contributed by atoms with Crippen molar-refractivity contribution in [1.29, 1.82) is 0 Å². The minimum atomic E-state index is 0.986. The summed E-state index contributed by atoms with van der Waals surface area (Å²) in [5.41, 5.74) is 3.99. The number of allylic oxidation sites excluding steroid dienone is 2. The van der Waals surface area contributed by atoms with Gasteiger partial charge in [0.2, 0.25) is 0 Å². The number of rotatable bonds is 3. The molecule has 3 rings (SSSR count). The van der Waals surface area contributed by atoms with E-state index in [1.165, 1.54) is 27.5 Å². The summed E-state index contributed by atoms with van der Waals surface area (Å²) in [4.78, 5) is 0. The van der Waals surface area contributed by atoms with Crippen LogP contribution in [0.25, 0.3) is 16.3 Å². The van der Waals surface area contributed by atoms with E-state index in [0.29, 0.717) is 0 Å². The molecule has 0 N–H and O–H groups in total. The van der Waals surface area contributed by atoms with Crippen LogP contribution in [0.4, 0.5) is 0 Å². The van der Waals surface area contributed by atoms with Gasteiger partial charge in [-0.25, -0.2) is 0 Å². The lowest BCUT2D eigenvalue weighted by Gasteiger charge is -2.05. The molecule has 0 heterocycles. The predicted octanol–water partition coefficient (Wildman–Crippen LogP) is 5.49. The zero-order valence-electron chi connectivity index (χ0n) is 11.7. The fourth-order valence-corrected chi connectivity index (χ4v) is 2.44. The van der Waals surface area contributed by atoms with E-state index in [0.717, 1.165) is 6.42 Å². The summed E-state index contributed by atoms with van der Waals surface area (Å²) in [6, 6.07) is 25.8. The molecule has 3 aromatic carbocycles. The van der Waals surface area contributed by atoms with E-state index in [1.54, 1.807) is 0 Å². The van der Waals surface area contributed by atoms with Crippen molar-refractivity contribution in [3.05, 3.63) is 90.0 Å². The van der Waals surface area contributed by atoms with Gasteiger partial charge in [0, 0.05) is 0 Å². The number of fused-ring (bicyclic) bond motifs is 1. The molecule has 0 heteroatoms.